The van der Waals surface area contributed by atoms with Gasteiger partial charge in [-0.2, -0.15) is 4.31 Å². The molecule has 0 bridgehead atoms. The van der Waals surface area contributed by atoms with Gasteiger partial charge in [-0.1, -0.05) is 30.2 Å². The molecule has 0 saturated carbocycles. The lowest BCUT2D eigenvalue weighted by Crippen LogP contribution is -2.35. The molecule has 2 heterocycles. The standard InChI is InChI=1S/C16H19ClN4O2S/c17-15-11-18-12-20-16(15)19-10-13-5-4-6-14(9-13)24(22,23)21-7-2-1-3-8-21/h4-6,9,11-12H,1-3,7-8,10H2,(H,18,19,20). The first-order valence-electron chi connectivity index (χ1n) is 7.86. The minimum Gasteiger partial charge on any atom is -0.365 e. The smallest absolute Gasteiger partial charge is 0.243 e. The molecule has 128 valence electrons. The van der Waals surface area contributed by atoms with Crippen molar-refractivity contribution in [2.45, 2.75) is 30.7 Å². The molecule has 0 atom stereocenters. The van der Waals surface area contributed by atoms with Crippen LogP contribution in [0.15, 0.2) is 41.7 Å². The molecule has 0 aliphatic carbocycles. The maximum atomic E-state index is 12.7. The number of aromatic nitrogens is 2. The summed E-state index contributed by atoms with van der Waals surface area (Å²) >= 11 is 6.01. The van der Waals surface area contributed by atoms with Gasteiger partial charge in [0.2, 0.25) is 10.0 Å². The molecule has 1 aromatic heterocycles. The molecular weight excluding hydrogens is 348 g/mol. The quantitative estimate of drug-likeness (QED) is 0.880. The lowest BCUT2D eigenvalue weighted by molar-refractivity contribution is 0.346. The summed E-state index contributed by atoms with van der Waals surface area (Å²) in [5.74, 6) is 0.524. The molecular formula is C16H19ClN4O2S. The molecule has 8 heteroatoms. The molecule has 0 spiro atoms. The molecule has 1 fully saturated rings. The van der Waals surface area contributed by atoms with Crippen molar-refractivity contribution >= 4 is 27.4 Å². The Morgan fingerprint density at radius 3 is 2.75 bits per heavy atom. The molecule has 0 radical (unpaired) electrons. The number of hydrogen-bond acceptors (Lipinski definition) is 5. The summed E-state index contributed by atoms with van der Waals surface area (Å²) in [6.45, 7) is 1.63. The first-order chi connectivity index (χ1) is 11.6. The lowest BCUT2D eigenvalue weighted by atomic mass is 10.2. The Morgan fingerprint density at radius 2 is 2.00 bits per heavy atom. The lowest BCUT2D eigenvalue weighted by Gasteiger charge is -2.26. The van der Waals surface area contributed by atoms with Crippen LogP contribution in [0.1, 0.15) is 24.8 Å². The van der Waals surface area contributed by atoms with Gasteiger partial charge in [-0.3, -0.25) is 0 Å². The van der Waals surface area contributed by atoms with Gasteiger partial charge in [0.05, 0.1) is 11.1 Å². The fourth-order valence-electron chi connectivity index (χ4n) is 2.70. The predicted molar refractivity (Wildman–Crippen MR) is 93.4 cm³/mol. The van der Waals surface area contributed by atoms with E-state index < -0.39 is 10.0 Å². The Kier molecular flexibility index (Phi) is 5.33. The number of nitrogens with zero attached hydrogens (tertiary/aromatic N) is 3. The van der Waals surface area contributed by atoms with Crippen LogP contribution in [-0.4, -0.2) is 35.8 Å². The highest BCUT2D eigenvalue weighted by molar-refractivity contribution is 7.89. The van der Waals surface area contributed by atoms with Crippen LogP contribution in [0, 0.1) is 0 Å². The van der Waals surface area contributed by atoms with E-state index >= 15 is 0 Å². The van der Waals surface area contributed by atoms with Gasteiger partial charge in [-0.25, -0.2) is 18.4 Å². The number of benzene rings is 1. The van der Waals surface area contributed by atoms with Crippen LogP contribution >= 0.6 is 11.6 Å². The van der Waals surface area contributed by atoms with E-state index in [0.29, 0.717) is 35.4 Å². The van der Waals surface area contributed by atoms with E-state index in [2.05, 4.69) is 15.3 Å². The van der Waals surface area contributed by atoms with Crippen LogP contribution in [0.25, 0.3) is 0 Å². The zero-order chi connectivity index (χ0) is 17.0. The number of anilines is 1. The van der Waals surface area contributed by atoms with Crippen LogP contribution in [0.5, 0.6) is 0 Å². The number of piperidine rings is 1. The maximum Gasteiger partial charge on any atom is 0.243 e. The van der Waals surface area contributed by atoms with Gasteiger partial charge in [-0.15, -0.1) is 0 Å². The van der Waals surface area contributed by atoms with E-state index in [4.69, 9.17) is 11.6 Å². The van der Waals surface area contributed by atoms with Crippen molar-refractivity contribution in [3.8, 4) is 0 Å². The van der Waals surface area contributed by atoms with Crippen LogP contribution in [0.4, 0.5) is 5.82 Å². The SMILES string of the molecule is O=S(=O)(c1cccc(CNc2ncncc2Cl)c1)N1CCCCC1. The summed E-state index contributed by atoms with van der Waals surface area (Å²) in [4.78, 5) is 8.22. The molecule has 6 nitrogen and oxygen atoms in total. The second kappa shape index (κ2) is 7.46. The van der Waals surface area contributed by atoms with Crippen molar-refractivity contribution in [2.24, 2.45) is 0 Å². The third-order valence-corrected chi connectivity index (χ3v) is 6.15. The summed E-state index contributed by atoms with van der Waals surface area (Å²) in [5, 5.41) is 3.52. The van der Waals surface area contributed by atoms with Gasteiger partial charge in [0.25, 0.3) is 0 Å². The largest absolute Gasteiger partial charge is 0.365 e. The zero-order valence-corrected chi connectivity index (χ0v) is 14.7. The van der Waals surface area contributed by atoms with Gasteiger partial charge < -0.3 is 5.32 Å². The Hall–Kier alpha value is -1.70. The average Bonchev–Trinajstić information content (AvgIpc) is 2.62. The van der Waals surface area contributed by atoms with Crippen molar-refractivity contribution in [3.05, 3.63) is 47.4 Å². The molecule has 1 aliphatic rings. The molecule has 1 saturated heterocycles. The molecule has 24 heavy (non-hydrogen) atoms. The topological polar surface area (TPSA) is 75.2 Å². The van der Waals surface area contributed by atoms with Gasteiger partial charge in [0.1, 0.15) is 17.2 Å². The average molecular weight is 367 g/mol. The van der Waals surface area contributed by atoms with E-state index in [9.17, 15) is 8.42 Å². The fourth-order valence-corrected chi connectivity index (χ4v) is 4.46. The molecule has 1 N–H and O–H groups in total. The number of sulfonamides is 1. The highest BCUT2D eigenvalue weighted by atomic mass is 35.5. The summed E-state index contributed by atoms with van der Waals surface area (Å²) in [6.07, 6.45) is 5.86. The maximum absolute atomic E-state index is 12.7. The molecule has 0 amide bonds. The normalized spacial score (nSPS) is 16.0. The molecule has 1 aromatic carbocycles. The second-order valence-corrected chi connectivity index (χ2v) is 8.03. The van der Waals surface area contributed by atoms with Gasteiger partial charge in [0, 0.05) is 19.6 Å². The highest BCUT2D eigenvalue weighted by Gasteiger charge is 2.25. The zero-order valence-electron chi connectivity index (χ0n) is 13.2. The van der Waals surface area contributed by atoms with Crippen molar-refractivity contribution in [2.75, 3.05) is 18.4 Å². The molecule has 2 aromatic rings. The van der Waals surface area contributed by atoms with E-state index in [1.807, 2.05) is 6.07 Å². The highest BCUT2D eigenvalue weighted by Crippen LogP contribution is 2.22. The third-order valence-electron chi connectivity index (χ3n) is 3.98. The van der Waals surface area contributed by atoms with E-state index in [0.717, 1.165) is 24.8 Å². The predicted octanol–water partition coefficient (Wildman–Crippen LogP) is 2.92. The number of rotatable bonds is 5. The second-order valence-electron chi connectivity index (χ2n) is 5.68. The molecule has 1 aliphatic heterocycles. The first-order valence-corrected chi connectivity index (χ1v) is 9.67. The van der Waals surface area contributed by atoms with Crippen molar-refractivity contribution in [3.63, 3.8) is 0 Å². The van der Waals surface area contributed by atoms with Gasteiger partial charge in [0.15, 0.2) is 0 Å². The number of halogens is 1. The van der Waals surface area contributed by atoms with Gasteiger partial charge in [-0.05, 0) is 30.5 Å². The minimum absolute atomic E-state index is 0.331. The first kappa shape index (κ1) is 17.1. The molecule has 0 unspecified atom stereocenters. The number of nitrogens with one attached hydrogen (secondary N) is 1. The minimum atomic E-state index is -3.42. The van der Waals surface area contributed by atoms with Crippen molar-refractivity contribution < 1.29 is 8.42 Å². The van der Waals surface area contributed by atoms with Crippen LogP contribution in [0.2, 0.25) is 5.02 Å². The summed E-state index contributed by atoms with van der Waals surface area (Å²) in [6, 6.07) is 6.98. The van der Waals surface area contributed by atoms with E-state index in [-0.39, 0.29) is 0 Å². The Labute approximate surface area is 146 Å². The van der Waals surface area contributed by atoms with Crippen molar-refractivity contribution in [1.82, 2.24) is 14.3 Å². The van der Waals surface area contributed by atoms with Crippen LogP contribution in [0.3, 0.4) is 0 Å². The summed E-state index contributed by atoms with van der Waals surface area (Å²) in [5.41, 5.74) is 0.850. The van der Waals surface area contributed by atoms with Gasteiger partial charge >= 0.3 is 0 Å². The third kappa shape index (κ3) is 3.85. The van der Waals surface area contributed by atoms with Crippen LogP contribution < -0.4 is 5.32 Å². The summed E-state index contributed by atoms with van der Waals surface area (Å²) in [7, 11) is -3.42. The van der Waals surface area contributed by atoms with E-state index in [1.165, 1.54) is 12.5 Å². The summed E-state index contributed by atoms with van der Waals surface area (Å²) < 4.78 is 27.0. The Morgan fingerprint density at radius 1 is 1.21 bits per heavy atom. The number of hydrogen-bond donors (Lipinski definition) is 1. The van der Waals surface area contributed by atoms with Crippen molar-refractivity contribution in [1.29, 1.82) is 0 Å². The van der Waals surface area contributed by atoms with E-state index in [1.54, 1.807) is 22.5 Å². The van der Waals surface area contributed by atoms with Crippen LogP contribution in [-0.2, 0) is 16.6 Å². The Bertz CT molecular complexity index is 807. The monoisotopic (exact) mass is 366 g/mol. The fraction of sp³-hybridized carbons (Fsp3) is 0.375. The Balaban J connectivity index is 1.75. The molecule has 3 rings (SSSR count).